The highest BCUT2D eigenvalue weighted by Gasteiger charge is 2.01. The number of hydrogen-bond acceptors (Lipinski definition) is 2. The average Bonchev–Trinajstić information content (AvgIpc) is 2.40. The van der Waals surface area contributed by atoms with Gasteiger partial charge in [0.25, 0.3) is 0 Å². The molecule has 0 fully saturated rings. The van der Waals surface area contributed by atoms with Crippen LogP contribution in [0.3, 0.4) is 0 Å². The van der Waals surface area contributed by atoms with Crippen LogP contribution in [0, 0.1) is 0 Å². The van der Waals surface area contributed by atoms with Crippen LogP contribution < -0.4 is 5.32 Å². The van der Waals surface area contributed by atoms with Crippen LogP contribution in [0.5, 0.6) is 0 Å². The van der Waals surface area contributed by atoms with E-state index in [0.29, 0.717) is 6.61 Å². The van der Waals surface area contributed by atoms with Gasteiger partial charge in [-0.1, -0.05) is 64.7 Å². The Morgan fingerprint density at radius 1 is 0.895 bits per heavy atom. The van der Waals surface area contributed by atoms with Crippen LogP contribution >= 0.6 is 11.6 Å². The monoisotopic (exact) mass is 291 g/mol. The van der Waals surface area contributed by atoms with Crippen molar-refractivity contribution in [2.75, 3.05) is 26.8 Å². The average molecular weight is 292 g/mol. The van der Waals surface area contributed by atoms with E-state index in [9.17, 15) is 0 Å². The normalized spacial score (nSPS) is 12.8. The molecule has 1 N–H and O–H groups in total. The number of hydrogen-bond donors (Lipinski definition) is 1. The Morgan fingerprint density at radius 2 is 1.42 bits per heavy atom. The van der Waals surface area contributed by atoms with Crippen LogP contribution in [0.1, 0.15) is 71.1 Å². The Bertz CT molecular complexity index is 167. The molecule has 0 amide bonds. The van der Waals surface area contributed by atoms with Gasteiger partial charge in [0.15, 0.2) is 0 Å². The number of nitrogens with one attached hydrogen (secondary N) is 1. The minimum absolute atomic E-state index is 0.105. The molecule has 0 aromatic carbocycles. The fourth-order valence-electron chi connectivity index (χ4n) is 2.24. The van der Waals surface area contributed by atoms with E-state index in [1.807, 2.05) is 0 Å². The van der Waals surface area contributed by atoms with Gasteiger partial charge in [-0.2, -0.15) is 0 Å². The molecule has 0 saturated carbocycles. The number of alkyl halides is 1. The van der Waals surface area contributed by atoms with Gasteiger partial charge >= 0.3 is 0 Å². The number of methoxy groups -OCH3 is 1. The van der Waals surface area contributed by atoms with Gasteiger partial charge in [-0.3, -0.25) is 0 Å². The van der Waals surface area contributed by atoms with E-state index in [-0.39, 0.29) is 5.38 Å². The largest absolute Gasteiger partial charge is 0.383 e. The van der Waals surface area contributed by atoms with Crippen LogP contribution in [0.2, 0.25) is 0 Å². The summed E-state index contributed by atoms with van der Waals surface area (Å²) in [6, 6.07) is 0. The fraction of sp³-hybridized carbons (Fsp3) is 1.00. The Labute approximate surface area is 125 Å². The lowest BCUT2D eigenvalue weighted by molar-refractivity contribution is 0.197. The summed E-state index contributed by atoms with van der Waals surface area (Å²) in [5.41, 5.74) is 0. The first-order valence-corrected chi connectivity index (χ1v) is 8.58. The molecule has 0 spiro atoms. The fourth-order valence-corrected chi connectivity index (χ4v) is 2.47. The molecule has 0 bridgehead atoms. The molecular weight excluding hydrogens is 258 g/mol. The van der Waals surface area contributed by atoms with Gasteiger partial charge in [-0.05, 0) is 13.0 Å². The van der Waals surface area contributed by atoms with Crippen molar-refractivity contribution in [3.8, 4) is 0 Å². The molecule has 0 aliphatic rings. The van der Waals surface area contributed by atoms with Crippen molar-refractivity contribution in [1.82, 2.24) is 5.32 Å². The van der Waals surface area contributed by atoms with E-state index in [1.54, 1.807) is 7.11 Å². The lowest BCUT2D eigenvalue weighted by atomic mass is 10.1. The van der Waals surface area contributed by atoms with E-state index in [1.165, 1.54) is 64.2 Å². The summed E-state index contributed by atoms with van der Waals surface area (Å²) in [4.78, 5) is 0. The van der Waals surface area contributed by atoms with Crippen molar-refractivity contribution in [1.29, 1.82) is 0 Å². The van der Waals surface area contributed by atoms with E-state index in [0.717, 1.165) is 13.1 Å². The third kappa shape index (κ3) is 16.2. The molecule has 0 aliphatic heterocycles. The third-order valence-corrected chi connectivity index (χ3v) is 3.70. The maximum atomic E-state index is 6.03. The minimum atomic E-state index is 0.105. The summed E-state index contributed by atoms with van der Waals surface area (Å²) in [6.45, 7) is 4.85. The van der Waals surface area contributed by atoms with Gasteiger partial charge in [0.1, 0.15) is 0 Å². The number of halogens is 1. The van der Waals surface area contributed by atoms with Crippen molar-refractivity contribution in [2.24, 2.45) is 0 Å². The second-order valence-electron chi connectivity index (χ2n) is 5.44. The Hall–Kier alpha value is 0.210. The molecular formula is C16H34ClNO. The second-order valence-corrected chi connectivity index (χ2v) is 6.06. The number of rotatable bonds is 15. The Kier molecular flexibility index (Phi) is 16.4. The molecule has 0 rings (SSSR count). The first kappa shape index (κ1) is 19.2. The van der Waals surface area contributed by atoms with E-state index in [4.69, 9.17) is 16.3 Å². The summed E-state index contributed by atoms with van der Waals surface area (Å²) in [5, 5.41) is 3.49. The first-order chi connectivity index (χ1) is 9.31. The maximum absolute atomic E-state index is 6.03. The zero-order valence-corrected chi connectivity index (χ0v) is 13.8. The molecule has 0 radical (unpaired) electrons. The first-order valence-electron chi connectivity index (χ1n) is 8.15. The molecule has 0 aromatic rings. The predicted molar refractivity (Wildman–Crippen MR) is 86.2 cm³/mol. The zero-order chi connectivity index (χ0) is 14.2. The molecule has 0 aromatic heterocycles. The van der Waals surface area contributed by atoms with Crippen LogP contribution in [-0.4, -0.2) is 32.2 Å². The third-order valence-electron chi connectivity index (χ3n) is 3.42. The molecule has 0 saturated heterocycles. The van der Waals surface area contributed by atoms with Crippen LogP contribution in [-0.2, 0) is 4.74 Å². The van der Waals surface area contributed by atoms with Crippen LogP contribution in [0.4, 0.5) is 0 Å². The Morgan fingerprint density at radius 3 is 1.95 bits per heavy atom. The van der Waals surface area contributed by atoms with Crippen molar-refractivity contribution in [2.45, 2.75) is 76.5 Å². The highest BCUT2D eigenvalue weighted by Crippen LogP contribution is 2.10. The zero-order valence-electron chi connectivity index (χ0n) is 13.1. The Balaban J connectivity index is 2.99. The van der Waals surface area contributed by atoms with Gasteiger partial charge in [0.05, 0.1) is 12.0 Å². The molecule has 116 valence electrons. The number of unbranched alkanes of at least 4 members (excludes halogenated alkanes) is 9. The van der Waals surface area contributed by atoms with Crippen LogP contribution in [0.15, 0.2) is 0 Å². The SMILES string of the molecule is CCCCCCCCCCCCNCC(Cl)COC. The van der Waals surface area contributed by atoms with Gasteiger partial charge in [-0.15, -0.1) is 11.6 Å². The highest BCUT2D eigenvalue weighted by atomic mass is 35.5. The van der Waals surface area contributed by atoms with E-state index >= 15 is 0 Å². The van der Waals surface area contributed by atoms with Gasteiger partial charge < -0.3 is 10.1 Å². The molecule has 1 atom stereocenters. The van der Waals surface area contributed by atoms with Crippen LogP contribution in [0.25, 0.3) is 0 Å². The highest BCUT2D eigenvalue weighted by molar-refractivity contribution is 6.20. The van der Waals surface area contributed by atoms with Gasteiger partial charge in [-0.25, -0.2) is 0 Å². The minimum Gasteiger partial charge on any atom is -0.383 e. The molecule has 3 heteroatoms. The smallest absolute Gasteiger partial charge is 0.0693 e. The van der Waals surface area contributed by atoms with E-state index in [2.05, 4.69) is 12.2 Å². The lowest BCUT2D eigenvalue weighted by Crippen LogP contribution is -2.27. The molecule has 2 nitrogen and oxygen atoms in total. The molecule has 0 heterocycles. The lowest BCUT2D eigenvalue weighted by Gasteiger charge is -2.09. The van der Waals surface area contributed by atoms with Crippen molar-refractivity contribution < 1.29 is 4.74 Å². The van der Waals surface area contributed by atoms with Crippen molar-refractivity contribution >= 4 is 11.6 Å². The van der Waals surface area contributed by atoms with E-state index < -0.39 is 0 Å². The maximum Gasteiger partial charge on any atom is 0.0693 e. The topological polar surface area (TPSA) is 21.3 Å². The van der Waals surface area contributed by atoms with Crippen molar-refractivity contribution in [3.63, 3.8) is 0 Å². The summed E-state index contributed by atoms with van der Waals surface area (Å²) in [6.07, 6.45) is 13.9. The second kappa shape index (κ2) is 16.3. The summed E-state index contributed by atoms with van der Waals surface area (Å²) < 4.78 is 4.99. The molecule has 0 aliphatic carbocycles. The quantitative estimate of drug-likeness (QED) is 0.347. The van der Waals surface area contributed by atoms with Crippen molar-refractivity contribution in [3.05, 3.63) is 0 Å². The van der Waals surface area contributed by atoms with Gasteiger partial charge in [0.2, 0.25) is 0 Å². The summed E-state index contributed by atoms with van der Waals surface area (Å²) in [7, 11) is 1.69. The molecule has 1 unspecified atom stereocenters. The predicted octanol–water partition coefficient (Wildman–Crippen LogP) is 4.75. The standard InChI is InChI=1S/C16H34ClNO/c1-3-4-5-6-7-8-9-10-11-12-13-18-14-16(17)15-19-2/h16,18H,3-15H2,1-2H3. The summed E-state index contributed by atoms with van der Waals surface area (Å²) >= 11 is 6.03. The molecule has 19 heavy (non-hydrogen) atoms. The summed E-state index contributed by atoms with van der Waals surface area (Å²) in [5.74, 6) is 0. The number of ether oxygens (including phenoxy) is 1. The van der Waals surface area contributed by atoms with Gasteiger partial charge in [0, 0.05) is 13.7 Å².